The third kappa shape index (κ3) is 3.27. The molecule has 3 N–H and O–H groups in total. The average Bonchev–Trinajstić information content (AvgIpc) is 2.38. The number of hydrogen-bond acceptors (Lipinski definition) is 3. The number of urea groups is 1. The van der Waals surface area contributed by atoms with Gasteiger partial charge >= 0.3 is 12.0 Å². The molecule has 1 aromatic rings. The van der Waals surface area contributed by atoms with E-state index in [4.69, 9.17) is 5.11 Å². The minimum atomic E-state index is -1.08. The summed E-state index contributed by atoms with van der Waals surface area (Å²) in [6.45, 7) is 2.66. The first kappa shape index (κ1) is 14.3. The maximum absolute atomic E-state index is 12.1. The summed E-state index contributed by atoms with van der Waals surface area (Å²) in [6.07, 6.45) is 1.03. The number of aromatic carboxylic acids is 1. The SMILES string of the molecule is CC1(O)CCN(C(=O)Nc2ccccc2C(=O)O)CC1. The van der Waals surface area contributed by atoms with Gasteiger partial charge in [0, 0.05) is 13.1 Å². The molecule has 0 bridgehead atoms. The van der Waals surface area contributed by atoms with E-state index in [9.17, 15) is 14.7 Å². The predicted molar refractivity (Wildman–Crippen MR) is 73.9 cm³/mol. The summed E-state index contributed by atoms with van der Waals surface area (Å²) in [5.74, 6) is -1.08. The molecule has 6 nitrogen and oxygen atoms in total. The number of carboxylic acid groups (broad SMARTS) is 1. The van der Waals surface area contributed by atoms with Crippen LogP contribution in [0, 0.1) is 0 Å². The summed E-state index contributed by atoms with van der Waals surface area (Å²) in [5.41, 5.74) is -0.386. The van der Waals surface area contributed by atoms with E-state index in [1.165, 1.54) is 6.07 Å². The lowest BCUT2D eigenvalue weighted by Gasteiger charge is -2.35. The van der Waals surface area contributed by atoms with E-state index in [2.05, 4.69) is 5.32 Å². The van der Waals surface area contributed by atoms with Crippen molar-refractivity contribution in [1.82, 2.24) is 4.90 Å². The van der Waals surface area contributed by atoms with Gasteiger partial charge in [0.05, 0.1) is 16.9 Å². The summed E-state index contributed by atoms with van der Waals surface area (Å²) in [7, 11) is 0. The Kier molecular flexibility index (Phi) is 3.94. The van der Waals surface area contributed by atoms with Crippen molar-refractivity contribution >= 4 is 17.7 Å². The zero-order chi connectivity index (χ0) is 14.8. The Balaban J connectivity index is 2.04. The van der Waals surface area contributed by atoms with Gasteiger partial charge < -0.3 is 20.4 Å². The Labute approximate surface area is 117 Å². The number of amides is 2. The second-order valence-electron chi connectivity index (χ2n) is 5.26. The summed E-state index contributed by atoms with van der Waals surface area (Å²) < 4.78 is 0. The highest BCUT2D eigenvalue weighted by Gasteiger charge is 2.29. The second-order valence-corrected chi connectivity index (χ2v) is 5.26. The number of likely N-dealkylation sites (tertiary alicyclic amines) is 1. The van der Waals surface area contributed by atoms with Crippen LogP contribution in [0.25, 0.3) is 0 Å². The van der Waals surface area contributed by atoms with Gasteiger partial charge in [0.2, 0.25) is 0 Å². The minimum Gasteiger partial charge on any atom is -0.478 e. The van der Waals surface area contributed by atoms with Crippen LogP contribution in [-0.2, 0) is 0 Å². The molecule has 0 spiro atoms. The lowest BCUT2D eigenvalue weighted by molar-refractivity contribution is 0.00570. The molecule has 0 aromatic heterocycles. The number of rotatable bonds is 2. The Morgan fingerprint density at radius 3 is 2.45 bits per heavy atom. The molecule has 0 unspecified atom stereocenters. The lowest BCUT2D eigenvalue weighted by atomic mass is 9.94. The molecule has 1 aliphatic heterocycles. The molecule has 1 heterocycles. The van der Waals surface area contributed by atoms with Crippen molar-refractivity contribution in [2.24, 2.45) is 0 Å². The standard InChI is InChI=1S/C14H18N2O4/c1-14(20)6-8-16(9-7-14)13(19)15-11-5-3-2-4-10(11)12(17)18/h2-5,20H,6-9H2,1H3,(H,15,19)(H,17,18). The van der Waals surface area contributed by atoms with Gasteiger partial charge in [0.25, 0.3) is 0 Å². The average molecular weight is 278 g/mol. The highest BCUT2D eigenvalue weighted by molar-refractivity contribution is 5.99. The number of piperidine rings is 1. The Bertz CT molecular complexity index is 518. The Morgan fingerprint density at radius 2 is 1.85 bits per heavy atom. The number of benzene rings is 1. The van der Waals surface area contributed by atoms with Gasteiger partial charge in [-0.25, -0.2) is 9.59 Å². The van der Waals surface area contributed by atoms with E-state index in [-0.39, 0.29) is 17.3 Å². The fraction of sp³-hybridized carbons (Fsp3) is 0.429. The van der Waals surface area contributed by atoms with Crippen molar-refractivity contribution in [3.8, 4) is 0 Å². The van der Waals surface area contributed by atoms with Gasteiger partial charge in [-0.15, -0.1) is 0 Å². The molecule has 0 radical (unpaired) electrons. The molecule has 1 fully saturated rings. The predicted octanol–water partition coefficient (Wildman–Crippen LogP) is 1.76. The van der Waals surface area contributed by atoms with Crippen LogP contribution in [0.2, 0.25) is 0 Å². The first-order valence-electron chi connectivity index (χ1n) is 6.50. The van der Waals surface area contributed by atoms with Crippen molar-refractivity contribution in [2.45, 2.75) is 25.4 Å². The third-order valence-corrected chi connectivity index (χ3v) is 3.53. The topological polar surface area (TPSA) is 89.9 Å². The smallest absolute Gasteiger partial charge is 0.337 e. The first-order valence-corrected chi connectivity index (χ1v) is 6.50. The van der Waals surface area contributed by atoms with E-state index in [1.807, 2.05) is 0 Å². The Hall–Kier alpha value is -2.08. The number of carbonyl (C=O) groups is 2. The zero-order valence-corrected chi connectivity index (χ0v) is 11.3. The van der Waals surface area contributed by atoms with Crippen LogP contribution in [0.3, 0.4) is 0 Å². The van der Waals surface area contributed by atoms with Gasteiger partial charge in [0.1, 0.15) is 0 Å². The molecular formula is C14H18N2O4. The molecule has 0 saturated carbocycles. The van der Waals surface area contributed by atoms with Crippen molar-refractivity contribution in [3.63, 3.8) is 0 Å². The van der Waals surface area contributed by atoms with Crippen LogP contribution in [0.1, 0.15) is 30.1 Å². The van der Waals surface area contributed by atoms with Gasteiger partial charge in [-0.3, -0.25) is 0 Å². The zero-order valence-electron chi connectivity index (χ0n) is 11.3. The molecule has 1 aromatic carbocycles. The van der Waals surface area contributed by atoms with Crippen LogP contribution in [0.15, 0.2) is 24.3 Å². The third-order valence-electron chi connectivity index (χ3n) is 3.53. The number of carboxylic acids is 1. The number of para-hydroxylation sites is 1. The monoisotopic (exact) mass is 278 g/mol. The van der Waals surface area contributed by atoms with Crippen LogP contribution in [-0.4, -0.2) is 45.8 Å². The largest absolute Gasteiger partial charge is 0.478 e. The van der Waals surface area contributed by atoms with Crippen LogP contribution >= 0.6 is 0 Å². The van der Waals surface area contributed by atoms with Gasteiger partial charge in [0.15, 0.2) is 0 Å². The second kappa shape index (κ2) is 5.50. The van der Waals surface area contributed by atoms with E-state index in [0.29, 0.717) is 25.9 Å². The molecule has 6 heteroatoms. The van der Waals surface area contributed by atoms with Gasteiger partial charge in [-0.1, -0.05) is 12.1 Å². The van der Waals surface area contributed by atoms with Gasteiger partial charge in [-0.05, 0) is 31.9 Å². The van der Waals surface area contributed by atoms with E-state index >= 15 is 0 Å². The lowest BCUT2D eigenvalue weighted by Crippen LogP contribution is -2.46. The summed E-state index contributed by atoms with van der Waals surface area (Å²) >= 11 is 0. The van der Waals surface area contributed by atoms with Crippen LogP contribution in [0.4, 0.5) is 10.5 Å². The normalized spacial score (nSPS) is 17.6. The number of anilines is 1. The number of nitrogens with zero attached hydrogens (tertiary/aromatic N) is 1. The van der Waals surface area contributed by atoms with Crippen LogP contribution in [0.5, 0.6) is 0 Å². The molecule has 2 amide bonds. The number of hydrogen-bond donors (Lipinski definition) is 3. The van der Waals surface area contributed by atoms with Crippen molar-refractivity contribution in [2.75, 3.05) is 18.4 Å². The first-order chi connectivity index (χ1) is 9.39. The van der Waals surface area contributed by atoms with E-state index < -0.39 is 11.6 Å². The molecule has 20 heavy (non-hydrogen) atoms. The van der Waals surface area contributed by atoms with E-state index in [0.717, 1.165) is 0 Å². The fourth-order valence-corrected chi connectivity index (χ4v) is 2.16. The number of nitrogens with one attached hydrogen (secondary N) is 1. The van der Waals surface area contributed by atoms with Crippen molar-refractivity contribution < 1.29 is 19.8 Å². The molecule has 1 aliphatic rings. The maximum atomic E-state index is 12.1. The summed E-state index contributed by atoms with van der Waals surface area (Å²) in [5, 5.41) is 21.5. The number of carbonyl (C=O) groups excluding carboxylic acids is 1. The highest BCUT2D eigenvalue weighted by Crippen LogP contribution is 2.22. The summed E-state index contributed by atoms with van der Waals surface area (Å²) in [4.78, 5) is 24.7. The fourth-order valence-electron chi connectivity index (χ4n) is 2.16. The van der Waals surface area contributed by atoms with E-state index in [1.54, 1.807) is 30.0 Å². The molecular weight excluding hydrogens is 260 g/mol. The molecule has 1 saturated heterocycles. The number of aliphatic hydroxyl groups is 1. The summed E-state index contributed by atoms with van der Waals surface area (Å²) in [6, 6.07) is 5.94. The molecule has 108 valence electrons. The highest BCUT2D eigenvalue weighted by atomic mass is 16.4. The van der Waals surface area contributed by atoms with Gasteiger partial charge in [-0.2, -0.15) is 0 Å². The molecule has 2 rings (SSSR count). The van der Waals surface area contributed by atoms with Crippen molar-refractivity contribution in [3.05, 3.63) is 29.8 Å². The maximum Gasteiger partial charge on any atom is 0.337 e. The quantitative estimate of drug-likeness (QED) is 0.769. The Morgan fingerprint density at radius 1 is 1.25 bits per heavy atom. The van der Waals surface area contributed by atoms with Crippen LogP contribution < -0.4 is 5.32 Å². The van der Waals surface area contributed by atoms with Crippen molar-refractivity contribution in [1.29, 1.82) is 0 Å². The molecule has 0 atom stereocenters. The minimum absolute atomic E-state index is 0.0601. The molecule has 0 aliphatic carbocycles.